The Bertz CT molecular complexity index is 767. The summed E-state index contributed by atoms with van der Waals surface area (Å²) < 4.78 is 15.3. The number of carbonyl (C=O) groups excluding carboxylic acids is 1. The second kappa shape index (κ2) is 6.22. The highest BCUT2D eigenvalue weighted by Crippen LogP contribution is 2.14. The first kappa shape index (κ1) is 14.0. The summed E-state index contributed by atoms with van der Waals surface area (Å²) in [5.74, 6) is -0.790. The van der Waals surface area contributed by atoms with Crippen LogP contribution in [0.2, 0.25) is 0 Å². The van der Waals surface area contributed by atoms with Crippen LogP contribution in [0.1, 0.15) is 15.9 Å². The molecule has 22 heavy (non-hydrogen) atoms. The van der Waals surface area contributed by atoms with Gasteiger partial charge in [-0.1, -0.05) is 24.3 Å². The summed E-state index contributed by atoms with van der Waals surface area (Å²) in [6.07, 6.45) is 3.59. The fourth-order valence-electron chi connectivity index (χ4n) is 2.10. The average molecular weight is 295 g/mol. The van der Waals surface area contributed by atoms with E-state index >= 15 is 0 Å². The van der Waals surface area contributed by atoms with Crippen LogP contribution in [-0.4, -0.2) is 15.7 Å². The van der Waals surface area contributed by atoms with Gasteiger partial charge in [-0.05, 0) is 35.9 Å². The molecule has 0 unspecified atom stereocenters. The number of anilines is 1. The van der Waals surface area contributed by atoms with E-state index in [-0.39, 0.29) is 11.6 Å². The van der Waals surface area contributed by atoms with Crippen molar-refractivity contribution >= 4 is 11.6 Å². The van der Waals surface area contributed by atoms with E-state index in [9.17, 15) is 9.18 Å². The summed E-state index contributed by atoms with van der Waals surface area (Å²) in [7, 11) is 0. The second-order valence-electron chi connectivity index (χ2n) is 4.83. The SMILES string of the molecule is O=C(Nc1ccccc1F)c1ccc(Cn2cccn2)cc1. The number of carbonyl (C=O) groups is 1. The number of benzene rings is 2. The molecule has 0 aliphatic rings. The summed E-state index contributed by atoms with van der Waals surface area (Å²) in [5, 5.41) is 6.69. The molecule has 3 rings (SSSR count). The first-order valence-corrected chi connectivity index (χ1v) is 6.84. The van der Waals surface area contributed by atoms with Crippen molar-refractivity contribution in [2.75, 3.05) is 5.32 Å². The molecule has 0 saturated carbocycles. The minimum Gasteiger partial charge on any atom is -0.319 e. The maximum Gasteiger partial charge on any atom is 0.255 e. The van der Waals surface area contributed by atoms with Gasteiger partial charge in [0.2, 0.25) is 0 Å². The minimum atomic E-state index is -0.453. The molecule has 5 heteroatoms. The lowest BCUT2D eigenvalue weighted by molar-refractivity contribution is 0.102. The van der Waals surface area contributed by atoms with Gasteiger partial charge < -0.3 is 5.32 Å². The Morgan fingerprint density at radius 1 is 1.09 bits per heavy atom. The summed E-state index contributed by atoms with van der Waals surface area (Å²) in [4.78, 5) is 12.1. The van der Waals surface area contributed by atoms with Crippen molar-refractivity contribution < 1.29 is 9.18 Å². The molecular weight excluding hydrogens is 281 g/mol. The van der Waals surface area contributed by atoms with Crippen LogP contribution in [0.25, 0.3) is 0 Å². The lowest BCUT2D eigenvalue weighted by atomic mass is 10.1. The molecule has 0 radical (unpaired) electrons. The Morgan fingerprint density at radius 2 is 1.86 bits per heavy atom. The third kappa shape index (κ3) is 3.20. The molecule has 1 heterocycles. The third-order valence-corrected chi connectivity index (χ3v) is 3.24. The highest BCUT2D eigenvalue weighted by molar-refractivity contribution is 6.04. The van der Waals surface area contributed by atoms with Gasteiger partial charge in [-0.25, -0.2) is 4.39 Å². The van der Waals surface area contributed by atoms with Crippen LogP contribution in [0, 0.1) is 5.82 Å². The Balaban J connectivity index is 1.70. The molecule has 3 aromatic rings. The first-order chi connectivity index (χ1) is 10.7. The van der Waals surface area contributed by atoms with Crippen molar-refractivity contribution in [2.24, 2.45) is 0 Å². The molecule has 0 fully saturated rings. The van der Waals surface area contributed by atoms with Crippen LogP contribution in [0.5, 0.6) is 0 Å². The quantitative estimate of drug-likeness (QED) is 0.802. The Kier molecular flexibility index (Phi) is 3.96. The number of hydrogen-bond acceptors (Lipinski definition) is 2. The van der Waals surface area contributed by atoms with Gasteiger partial charge in [-0.3, -0.25) is 9.48 Å². The zero-order valence-electron chi connectivity index (χ0n) is 11.7. The molecule has 1 aromatic heterocycles. The number of nitrogens with zero attached hydrogens (tertiary/aromatic N) is 2. The van der Waals surface area contributed by atoms with Crippen molar-refractivity contribution in [3.05, 3.63) is 83.9 Å². The molecule has 4 nitrogen and oxygen atoms in total. The van der Waals surface area contributed by atoms with Gasteiger partial charge in [-0.15, -0.1) is 0 Å². The summed E-state index contributed by atoms with van der Waals surface area (Å²) >= 11 is 0. The smallest absolute Gasteiger partial charge is 0.255 e. The third-order valence-electron chi connectivity index (χ3n) is 3.24. The monoisotopic (exact) mass is 295 g/mol. The van der Waals surface area contributed by atoms with Gasteiger partial charge in [0, 0.05) is 18.0 Å². The van der Waals surface area contributed by atoms with E-state index in [1.165, 1.54) is 12.1 Å². The van der Waals surface area contributed by atoms with Crippen LogP contribution < -0.4 is 5.32 Å². The van der Waals surface area contributed by atoms with Gasteiger partial charge in [0.25, 0.3) is 5.91 Å². The van der Waals surface area contributed by atoms with E-state index < -0.39 is 5.82 Å². The number of halogens is 1. The molecule has 2 aromatic carbocycles. The number of amides is 1. The fourth-order valence-corrected chi connectivity index (χ4v) is 2.10. The molecule has 110 valence electrons. The zero-order valence-corrected chi connectivity index (χ0v) is 11.7. The van der Waals surface area contributed by atoms with Crippen molar-refractivity contribution in [2.45, 2.75) is 6.54 Å². The standard InChI is InChI=1S/C17H14FN3O/c18-15-4-1-2-5-16(15)20-17(22)14-8-6-13(7-9-14)12-21-11-3-10-19-21/h1-11H,12H2,(H,20,22). The Morgan fingerprint density at radius 3 is 2.55 bits per heavy atom. The Labute approximate surface area is 127 Å². The van der Waals surface area contributed by atoms with E-state index in [1.54, 1.807) is 35.1 Å². The first-order valence-electron chi connectivity index (χ1n) is 6.84. The summed E-state index contributed by atoms with van der Waals surface area (Å²) in [6, 6.07) is 15.1. The maximum atomic E-state index is 13.5. The molecule has 0 saturated heterocycles. The molecule has 0 atom stereocenters. The predicted octanol–water partition coefficient (Wildman–Crippen LogP) is 3.32. The highest BCUT2D eigenvalue weighted by Gasteiger charge is 2.08. The van der Waals surface area contributed by atoms with Gasteiger partial charge in [0.1, 0.15) is 5.82 Å². The summed E-state index contributed by atoms with van der Waals surface area (Å²) in [6.45, 7) is 0.641. The minimum absolute atomic E-state index is 0.174. The van der Waals surface area contributed by atoms with Gasteiger partial charge in [-0.2, -0.15) is 5.10 Å². The van der Waals surface area contributed by atoms with Crippen molar-refractivity contribution in [3.63, 3.8) is 0 Å². The number of rotatable bonds is 4. The van der Waals surface area contributed by atoms with Gasteiger partial charge in [0.05, 0.1) is 12.2 Å². The molecule has 1 N–H and O–H groups in total. The lowest BCUT2D eigenvalue weighted by Crippen LogP contribution is -2.13. The number of aromatic nitrogens is 2. The molecular formula is C17H14FN3O. The Hall–Kier alpha value is -2.95. The van der Waals surface area contributed by atoms with Gasteiger partial charge in [0.15, 0.2) is 0 Å². The number of nitrogens with one attached hydrogen (secondary N) is 1. The molecule has 0 aliphatic carbocycles. The van der Waals surface area contributed by atoms with Crippen LogP contribution in [0.15, 0.2) is 67.0 Å². The van der Waals surface area contributed by atoms with E-state index in [0.29, 0.717) is 12.1 Å². The van der Waals surface area contributed by atoms with Crippen LogP contribution in [0.3, 0.4) is 0 Å². The molecule has 0 bridgehead atoms. The van der Waals surface area contributed by atoms with E-state index in [4.69, 9.17) is 0 Å². The number of para-hydroxylation sites is 1. The van der Waals surface area contributed by atoms with Crippen molar-refractivity contribution in [3.8, 4) is 0 Å². The van der Waals surface area contributed by atoms with E-state index in [0.717, 1.165) is 5.56 Å². The summed E-state index contributed by atoms with van der Waals surface area (Å²) in [5.41, 5.74) is 1.69. The van der Waals surface area contributed by atoms with E-state index in [2.05, 4.69) is 10.4 Å². The largest absolute Gasteiger partial charge is 0.319 e. The van der Waals surface area contributed by atoms with Gasteiger partial charge >= 0.3 is 0 Å². The molecule has 0 aliphatic heterocycles. The number of hydrogen-bond donors (Lipinski definition) is 1. The zero-order chi connectivity index (χ0) is 15.4. The van der Waals surface area contributed by atoms with Crippen LogP contribution in [0.4, 0.5) is 10.1 Å². The topological polar surface area (TPSA) is 46.9 Å². The average Bonchev–Trinajstić information content (AvgIpc) is 3.03. The maximum absolute atomic E-state index is 13.5. The highest BCUT2D eigenvalue weighted by atomic mass is 19.1. The van der Waals surface area contributed by atoms with E-state index in [1.807, 2.05) is 24.4 Å². The van der Waals surface area contributed by atoms with Crippen molar-refractivity contribution in [1.29, 1.82) is 0 Å². The second-order valence-corrected chi connectivity index (χ2v) is 4.83. The molecule has 1 amide bonds. The predicted molar refractivity (Wildman–Crippen MR) is 82.1 cm³/mol. The molecule has 0 spiro atoms. The van der Waals surface area contributed by atoms with Crippen LogP contribution in [-0.2, 0) is 6.54 Å². The lowest BCUT2D eigenvalue weighted by Gasteiger charge is -2.07. The fraction of sp³-hybridized carbons (Fsp3) is 0.0588. The normalized spacial score (nSPS) is 10.4. The van der Waals surface area contributed by atoms with Crippen molar-refractivity contribution in [1.82, 2.24) is 9.78 Å². The van der Waals surface area contributed by atoms with Crippen LogP contribution >= 0.6 is 0 Å².